The molecule has 0 bridgehead atoms. The molecule has 2 aliphatic heterocycles. The van der Waals surface area contributed by atoms with Gasteiger partial charge in [0.1, 0.15) is 0 Å². The van der Waals surface area contributed by atoms with E-state index in [9.17, 15) is 9.59 Å². The Morgan fingerprint density at radius 1 is 0.862 bits per heavy atom. The predicted octanol–water partition coefficient (Wildman–Crippen LogP) is 4.07. The van der Waals surface area contributed by atoms with Crippen LogP contribution in [-0.2, 0) is 0 Å². The number of fused-ring (bicyclic) bond motifs is 2. The standard InChI is InChI=1S/C23H23N3O2.ClH/c27-22-18-6-1-2-7-19(18)23(28)26(22)14-13-25-11-9-16(10-12-25)20-15-24-21-8-4-3-5-17(20)21;/h1-8,15-16,24H,9-14H2;1H. The van der Waals surface area contributed by atoms with Crippen LogP contribution < -0.4 is 0 Å². The largest absolute Gasteiger partial charge is 0.361 e. The zero-order valence-corrected chi connectivity index (χ0v) is 17.0. The van der Waals surface area contributed by atoms with Gasteiger partial charge in [-0.05, 0) is 55.6 Å². The van der Waals surface area contributed by atoms with Crippen molar-refractivity contribution < 1.29 is 9.59 Å². The molecule has 2 amide bonds. The molecule has 2 aromatic carbocycles. The molecule has 0 unspecified atom stereocenters. The predicted molar refractivity (Wildman–Crippen MR) is 116 cm³/mol. The van der Waals surface area contributed by atoms with E-state index in [1.807, 2.05) is 12.1 Å². The maximum Gasteiger partial charge on any atom is 0.261 e. The molecule has 0 spiro atoms. The minimum absolute atomic E-state index is 0. The molecule has 29 heavy (non-hydrogen) atoms. The molecule has 5 rings (SSSR count). The lowest BCUT2D eigenvalue weighted by Gasteiger charge is -2.32. The lowest BCUT2D eigenvalue weighted by Crippen LogP contribution is -2.41. The van der Waals surface area contributed by atoms with Gasteiger partial charge in [0.05, 0.1) is 11.1 Å². The van der Waals surface area contributed by atoms with Crippen molar-refractivity contribution >= 4 is 35.1 Å². The highest BCUT2D eigenvalue weighted by atomic mass is 35.5. The number of imide groups is 1. The minimum Gasteiger partial charge on any atom is -0.361 e. The van der Waals surface area contributed by atoms with Gasteiger partial charge in [-0.3, -0.25) is 14.5 Å². The smallest absolute Gasteiger partial charge is 0.261 e. The number of halogens is 1. The normalized spacial score (nSPS) is 17.6. The first-order chi connectivity index (χ1) is 13.7. The number of amides is 2. The first kappa shape index (κ1) is 19.7. The number of hydrogen-bond acceptors (Lipinski definition) is 3. The molecule has 0 atom stereocenters. The van der Waals surface area contributed by atoms with Crippen molar-refractivity contribution in [1.82, 2.24) is 14.8 Å². The van der Waals surface area contributed by atoms with Crippen molar-refractivity contribution in [3.8, 4) is 0 Å². The van der Waals surface area contributed by atoms with E-state index in [1.165, 1.54) is 21.4 Å². The van der Waals surface area contributed by atoms with Gasteiger partial charge >= 0.3 is 0 Å². The topological polar surface area (TPSA) is 56.4 Å². The maximum atomic E-state index is 12.5. The maximum absolute atomic E-state index is 12.5. The first-order valence-electron chi connectivity index (χ1n) is 9.96. The summed E-state index contributed by atoms with van der Waals surface area (Å²) in [4.78, 5) is 32.1. The number of piperidine rings is 1. The molecule has 3 aromatic rings. The van der Waals surface area contributed by atoms with E-state index in [0.717, 1.165) is 32.5 Å². The molecule has 150 valence electrons. The number of hydrogen-bond donors (Lipinski definition) is 1. The third-order valence-corrected chi connectivity index (χ3v) is 6.17. The van der Waals surface area contributed by atoms with E-state index < -0.39 is 0 Å². The number of carbonyl (C=O) groups is 2. The molecule has 1 aromatic heterocycles. The second-order valence-corrected chi connectivity index (χ2v) is 7.71. The summed E-state index contributed by atoms with van der Waals surface area (Å²) in [6.45, 7) is 3.19. The van der Waals surface area contributed by atoms with E-state index in [2.05, 4.69) is 40.3 Å². The molecule has 1 N–H and O–H groups in total. The number of likely N-dealkylation sites (tertiary alicyclic amines) is 1. The van der Waals surface area contributed by atoms with E-state index in [0.29, 0.717) is 23.6 Å². The van der Waals surface area contributed by atoms with Crippen molar-refractivity contribution in [3.05, 3.63) is 71.4 Å². The van der Waals surface area contributed by atoms with Crippen LogP contribution in [0.5, 0.6) is 0 Å². The van der Waals surface area contributed by atoms with Crippen LogP contribution in [0.15, 0.2) is 54.7 Å². The van der Waals surface area contributed by atoms with Gasteiger partial charge in [-0.25, -0.2) is 0 Å². The molecule has 1 fully saturated rings. The molecule has 0 radical (unpaired) electrons. The van der Waals surface area contributed by atoms with E-state index in [-0.39, 0.29) is 24.2 Å². The van der Waals surface area contributed by atoms with Crippen molar-refractivity contribution in [2.24, 2.45) is 0 Å². The van der Waals surface area contributed by atoms with Crippen LogP contribution in [0.3, 0.4) is 0 Å². The van der Waals surface area contributed by atoms with E-state index in [1.54, 1.807) is 12.1 Å². The summed E-state index contributed by atoms with van der Waals surface area (Å²) in [6.07, 6.45) is 4.36. The number of aromatic nitrogens is 1. The number of nitrogens with zero attached hydrogens (tertiary/aromatic N) is 2. The van der Waals surface area contributed by atoms with E-state index >= 15 is 0 Å². The van der Waals surface area contributed by atoms with Gasteiger partial charge < -0.3 is 9.88 Å². The Kier molecular flexibility index (Phi) is 5.43. The lowest BCUT2D eigenvalue weighted by molar-refractivity contribution is 0.0629. The van der Waals surface area contributed by atoms with Gasteiger partial charge in [-0.15, -0.1) is 12.4 Å². The Balaban J connectivity index is 0.00000205. The zero-order valence-electron chi connectivity index (χ0n) is 16.1. The summed E-state index contributed by atoms with van der Waals surface area (Å²) >= 11 is 0. The first-order valence-corrected chi connectivity index (χ1v) is 9.96. The van der Waals surface area contributed by atoms with Crippen LogP contribution in [0.1, 0.15) is 45.0 Å². The molecule has 0 saturated carbocycles. The van der Waals surface area contributed by atoms with Gasteiger partial charge in [-0.1, -0.05) is 30.3 Å². The highest BCUT2D eigenvalue weighted by Gasteiger charge is 2.35. The monoisotopic (exact) mass is 409 g/mol. The molecule has 0 aliphatic carbocycles. The Morgan fingerprint density at radius 3 is 2.17 bits per heavy atom. The van der Waals surface area contributed by atoms with Gasteiger partial charge in [0, 0.05) is 30.2 Å². The average Bonchev–Trinajstić information content (AvgIpc) is 3.27. The quantitative estimate of drug-likeness (QED) is 0.661. The fourth-order valence-electron chi connectivity index (χ4n) is 4.58. The van der Waals surface area contributed by atoms with Crippen molar-refractivity contribution in [2.75, 3.05) is 26.2 Å². The Morgan fingerprint density at radius 2 is 1.48 bits per heavy atom. The number of aromatic amines is 1. The van der Waals surface area contributed by atoms with Crippen LogP contribution in [0, 0.1) is 0 Å². The van der Waals surface area contributed by atoms with Crippen molar-refractivity contribution in [3.63, 3.8) is 0 Å². The number of benzene rings is 2. The molecular weight excluding hydrogens is 386 g/mol. The van der Waals surface area contributed by atoms with Crippen LogP contribution in [0.25, 0.3) is 10.9 Å². The van der Waals surface area contributed by atoms with Crippen LogP contribution >= 0.6 is 12.4 Å². The number of H-pyrrole nitrogens is 1. The molecule has 6 heteroatoms. The number of carbonyl (C=O) groups excluding carboxylic acids is 2. The highest BCUT2D eigenvalue weighted by Crippen LogP contribution is 2.33. The molecule has 2 aliphatic rings. The van der Waals surface area contributed by atoms with Crippen LogP contribution in [-0.4, -0.2) is 52.8 Å². The summed E-state index contributed by atoms with van der Waals surface area (Å²) in [5, 5.41) is 1.33. The Labute approximate surface area is 176 Å². The van der Waals surface area contributed by atoms with Gasteiger partial charge in [0.15, 0.2) is 0 Å². The van der Waals surface area contributed by atoms with Gasteiger partial charge in [-0.2, -0.15) is 0 Å². The molecule has 5 nitrogen and oxygen atoms in total. The van der Waals surface area contributed by atoms with Crippen LogP contribution in [0.2, 0.25) is 0 Å². The van der Waals surface area contributed by atoms with Crippen molar-refractivity contribution in [2.45, 2.75) is 18.8 Å². The fraction of sp³-hybridized carbons (Fsp3) is 0.304. The summed E-state index contributed by atoms with van der Waals surface area (Å²) in [5.41, 5.74) is 3.68. The SMILES string of the molecule is Cl.O=C1c2ccccc2C(=O)N1CCN1CCC(c2c[nH]c3ccccc23)CC1. The second-order valence-electron chi connectivity index (χ2n) is 7.71. The summed E-state index contributed by atoms with van der Waals surface area (Å²) < 4.78 is 0. The molecular formula is C23H24ClN3O2. The average molecular weight is 410 g/mol. The lowest BCUT2D eigenvalue weighted by atomic mass is 9.89. The third kappa shape index (κ3) is 3.45. The second kappa shape index (κ2) is 8.01. The summed E-state index contributed by atoms with van der Waals surface area (Å²) in [5.74, 6) is 0.246. The zero-order chi connectivity index (χ0) is 19.1. The fourth-order valence-corrected chi connectivity index (χ4v) is 4.58. The van der Waals surface area contributed by atoms with Crippen molar-refractivity contribution in [1.29, 1.82) is 0 Å². The van der Waals surface area contributed by atoms with Crippen LogP contribution in [0.4, 0.5) is 0 Å². The third-order valence-electron chi connectivity index (χ3n) is 6.17. The number of para-hydroxylation sites is 1. The molecule has 3 heterocycles. The Bertz CT molecular complexity index is 1020. The van der Waals surface area contributed by atoms with Gasteiger partial charge in [0.2, 0.25) is 0 Å². The number of rotatable bonds is 4. The van der Waals surface area contributed by atoms with E-state index in [4.69, 9.17) is 0 Å². The Hall–Kier alpha value is -2.63. The summed E-state index contributed by atoms with van der Waals surface area (Å²) in [7, 11) is 0. The van der Waals surface area contributed by atoms with Gasteiger partial charge in [0.25, 0.3) is 11.8 Å². The molecule has 1 saturated heterocycles. The summed E-state index contributed by atoms with van der Waals surface area (Å²) in [6, 6.07) is 15.6. The highest BCUT2D eigenvalue weighted by molar-refractivity contribution is 6.21. The number of nitrogens with one attached hydrogen (secondary N) is 1. The minimum atomic E-state index is -0.158.